The molecule has 0 aliphatic carbocycles. The number of ketones is 1. The van der Waals surface area contributed by atoms with Crippen molar-refractivity contribution in [3.05, 3.63) is 68.6 Å². The van der Waals surface area contributed by atoms with E-state index < -0.39 is 5.76 Å². The number of halogens is 1. The Morgan fingerprint density at radius 2 is 1.75 bits per heavy atom. The van der Waals surface area contributed by atoms with E-state index >= 15 is 0 Å². The van der Waals surface area contributed by atoms with Gasteiger partial charge in [0, 0.05) is 22.6 Å². The van der Waals surface area contributed by atoms with E-state index in [1.165, 1.54) is 4.57 Å². The number of aryl methyl sites for hydroxylation is 1. The fraction of sp³-hybridized carbons (Fsp3) is 0.0667. The summed E-state index contributed by atoms with van der Waals surface area (Å²) in [4.78, 5) is 23.8. The van der Waals surface area contributed by atoms with Gasteiger partial charge in [-0.2, -0.15) is 0 Å². The molecular formula is C15H10BrNO3. The highest BCUT2D eigenvalue weighted by atomic mass is 79.9. The Hall–Kier alpha value is -2.14. The quantitative estimate of drug-likeness (QED) is 0.678. The van der Waals surface area contributed by atoms with Gasteiger partial charge in [0.15, 0.2) is 11.4 Å². The fourth-order valence-corrected chi connectivity index (χ4v) is 2.31. The topological polar surface area (TPSA) is 52.2 Å². The Morgan fingerprint density at radius 1 is 1.10 bits per heavy atom. The Bertz CT molecular complexity index is 859. The molecule has 100 valence electrons. The van der Waals surface area contributed by atoms with Crippen LogP contribution in [0.25, 0.3) is 11.1 Å². The maximum absolute atomic E-state index is 12.4. The first kappa shape index (κ1) is 12.9. The molecule has 0 amide bonds. The maximum atomic E-state index is 12.4. The molecule has 1 aromatic heterocycles. The van der Waals surface area contributed by atoms with Gasteiger partial charge in [-0.25, -0.2) is 4.79 Å². The Labute approximate surface area is 122 Å². The maximum Gasteiger partial charge on any atom is 0.419 e. The van der Waals surface area contributed by atoms with Gasteiger partial charge in [0.1, 0.15) is 0 Å². The number of carbonyl (C=O) groups is 1. The molecule has 2 aromatic carbocycles. The number of aromatic nitrogens is 1. The van der Waals surface area contributed by atoms with Crippen LogP contribution in [0.2, 0.25) is 0 Å². The standard InChI is InChI=1S/C15H10BrNO3/c1-17-12-7-4-10(8-13(12)20-15(17)19)14(18)9-2-5-11(16)6-3-9/h2-8H,1H3. The average molecular weight is 332 g/mol. The van der Waals surface area contributed by atoms with Gasteiger partial charge in [-0.3, -0.25) is 9.36 Å². The van der Waals surface area contributed by atoms with Gasteiger partial charge in [-0.15, -0.1) is 0 Å². The molecule has 0 radical (unpaired) electrons. The number of carbonyl (C=O) groups excluding carboxylic acids is 1. The van der Waals surface area contributed by atoms with Crippen LogP contribution in [0.3, 0.4) is 0 Å². The van der Waals surface area contributed by atoms with E-state index in [0.717, 1.165) is 4.47 Å². The predicted molar refractivity (Wildman–Crippen MR) is 79.0 cm³/mol. The number of benzene rings is 2. The molecule has 0 N–H and O–H groups in total. The molecule has 0 spiro atoms. The lowest BCUT2D eigenvalue weighted by molar-refractivity contribution is 0.103. The van der Waals surface area contributed by atoms with Crippen molar-refractivity contribution in [3.8, 4) is 0 Å². The molecule has 0 bridgehead atoms. The van der Waals surface area contributed by atoms with Crippen molar-refractivity contribution >= 4 is 32.8 Å². The lowest BCUT2D eigenvalue weighted by atomic mass is 10.0. The first-order valence-corrected chi connectivity index (χ1v) is 6.75. The van der Waals surface area contributed by atoms with Crippen LogP contribution in [-0.2, 0) is 7.05 Å². The van der Waals surface area contributed by atoms with Crippen LogP contribution in [-0.4, -0.2) is 10.4 Å². The molecule has 0 saturated carbocycles. The predicted octanol–water partition coefficient (Wildman–Crippen LogP) is 3.13. The van der Waals surface area contributed by atoms with Crippen molar-refractivity contribution in [3.63, 3.8) is 0 Å². The molecule has 0 aliphatic rings. The Balaban J connectivity index is 2.08. The zero-order valence-electron chi connectivity index (χ0n) is 10.6. The van der Waals surface area contributed by atoms with E-state index in [2.05, 4.69) is 15.9 Å². The first-order valence-electron chi connectivity index (χ1n) is 5.96. The third-order valence-electron chi connectivity index (χ3n) is 3.16. The Morgan fingerprint density at radius 3 is 2.45 bits per heavy atom. The molecule has 0 fully saturated rings. The van der Waals surface area contributed by atoms with E-state index in [9.17, 15) is 9.59 Å². The fourth-order valence-electron chi connectivity index (χ4n) is 2.04. The molecule has 0 aliphatic heterocycles. The van der Waals surface area contributed by atoms with Gasteiger partial charge in [-0.1, -0.05) is 15.9 Å². The number of hydrogen-bond acceptors (Lipinski definition) is 3. The highest BCUT2D eigenvalue weighted by Crippen LogP contribution is 2.18. The van der Waals surface area contributed by atoms with E-state index in [1.54, 1.807) is 37.4 Å². The highest BCUT2D eigenvalue weighted by Gasteiger charge is 2.12. The molecule has 5 heteroatoms. The van der Waals surface area contributed by atoms with Crippen molar-refractivity contribution in [2.75, 3.05) is 0 Å². The summed E-state index contributed by atoms with van der Waals surface area (Å²) in [7, 11) is 1.63. The molecule has 3 rings (SSSR count). The van der Waals surface area contributed by atoms with Crippen LogP contribution >= 0.6 is 15.9 Å². The second-order valence-electron chi connectivity index (χ2n) is 4.45. The highest BCUT2D eigenvalue weighted by molar-refractivity contribution is 9.10. The van der Waals surface area contributed by atoms with Crippen molar-refractivity contribution < 1.29 is 9.21 Å². The van der Waals surface area contributed by atoms with Crippen molar-refractivity contribution in [1.29, 1.82) is 0 Å². The summed E-state index contributed by atoms with van der Waals surface area (Å²) in [6, 6.07) is 12.1. The average Bonchev–Trinajstić information content (AvgIpc) is 2.74. The van der Waals surface area contributed by atoms with Gasteiger partial charge in [0.25, 0.3) is 0 Å². The van der Waals surface area contributed by atoms with Gasteiger partial charge in [0.2, 0.25) is 0 Å². The Kier molecular flexibility index (Phi) is 3.06. The second-order valence-corrected chi connectivity index (χ2v) is 5.36. The molecule has 0 atom stereocenters. The molecular weight excluding hydrogens is 322 g/mol. The van der Waals surface area contributed by atoms with E-state index in [0.29, 0.717) is 22.2 Å². The normalized spacial score (nSPS) is 10.9. The van der Waals surface area contributed by atoms with E-state index in [4.69, 9.17) is 4.42 Å². The summed E-state index contributed by atoms with van der Waals surface area (Å²) in [5.41, 5.74) is 2.17. The number of fused-ring (bicyclic) bond motifs is 1. The number of nitrogens with zero attached hydrogens (tertiary/aromatic N) is 1. The van der Waals surface area contributed by atoms with E-state index in [1.807, 2.05) is 12.1 Å². The molecule has 0 unspecified atom stereocenters. The zero-order valence-corrected chi connectivity index (χ0v) is 12.2. The zero-order chi connectivity index (χ0) is 14.3. The lowest BCUT2D eigenvalue weighted by Crippen LogP contribution is -2.08. The second kappa shape index (κ2) is 4.76. The number of rotatable bonds is 2. The number of oxazole rings is 1. The lowest BCUT2D eigenvalue weighted by Gasteiger charge is -2.01. The van der Waals surface area contributed by atoms with Crippen molar-refractivity contribution in [2.45, 2.75) is 0 Å². The van der Waals surface area contributed by atoms with Crippen molar-refractivity contribution in [1.82, 2.24) is 4.57 Å². The summed E-state index contributed by atoms with van der Waals surface area (Å²) < 4.78 is 7.41. The number of hydrogen-bond donors (Lipinski definition) is 0. The SMILES string of the molecule is Cn1c(=O)oc2cc(C(=O)c3ccc(Br)cc3)ccc21. The minimum atomic E-state index is -0.437. The van der Waals surface area contributed by atoms with Crippen LogP contribution in [0.4, 0.5) is 0 Å². The minimum Gasteiger partial charge on any atom is -0.408 e. The largest absolute Gasteiger partial charge is 0.419 e. The summed E-state index contributed by atoms with van der Waals surface area (Å²) in [5, 5.41) is 0. The summed E-state index contributed by atoms with van der Waals surface area (Å²) >= 11 is 3.33. The van der Waals surface area contributed by atoms with Crippen molar-refractivity contribution in [2.24, 2.45) is 7.05 Å². The van der Waals surface area contributed by atoms with Crippen LogP contribution < -0.4 is 5.76 Å². The van der Waals surface area contributed by atoms with E-state index in [-0.39, 0.29) is 5.78 Å². The van der Waals surface area contributed by atoms with Gasteiger partial charge >= 0.3 is 5.76 Å². The smallest absolute Gasteiger partial charge is 0.408 e. The van der Waals surface area contributed by atoms with Crippen LogP contribution in [0, 0.1) is 0 Å². The molecule has 4 nitrogen and oxygen atoms in total. The minimum absolute atomic E-state index is 0.106. The summed E-state index contributed by atoms with van der Waals surface area (Å²) in [6.07, 6.45) is 0. The van der Waals surface area contributed by atoms with Crippen LogP contribution in [0.5, 0.6) is 0 Å². The monoisotopic (exact) mass is 331 g/mol. The van der Waals surface area contributed by atoms with Gasteiger partial charge < -0.3 is 4.42 Å². The van der Waals surface area contributed by atoms with Crippen LogP contribution in [0.1, 0.15) is 15.9 Å². The summed E-state index contributed by atoms with van der Waals surface area (Å²) in [5.74, 6) is -0.542. The van der Waals surface area contributed by atoms with Gasteiger partial charge in [0.05, 0.1) is 5.52 Å². The molecule has 20 heavy (non-hydrogen) atoms. The van der Waals surface area contributed by atoms with Gasteiger partial charge in [-0.05, 0) is 42.5 Å². The summed E-state index contributed by atoms with van der Waals surface area (Å²) in [6.45, 7) is 0. The molecule has 1 heterocycles. The molecule has 3 aromatic rings. The van der Waals surface area contributed by atoms with Crippen LogP contribution in [0.15, 0.2) is 56.1 Å². The first-order chi connectivity index (χ1) is 9.56. The third kappa shape index (κ3) is 2.10. The third-order valence-corrected chi connectivity index (χ3v) is 3.69. The molecule has 0 saturated heterocycles.